The summed E-state index contributed by atoms with van der Waals surface area (Å²) in [6.07, 6.45) is 2.48. The van der Waals surface area contributed by atoms with Crippen LogP contribution in [0.15, 0.2) is 54.7 Å². The Kier molecular flexibility index (Phi) is 7.56. The van der Waals surface area contributed by atoms with Crippen molar-refractivity contribution in [1.82, 2.24) is 14.9 Å². The van der Waals surface area contributed by atoms with Crippen molar-refractivity contribution in [2.75, 3.05) is 25.1 Å². The number of anilines is 1. The zero-order valence-corrected chi connectivity index (χ0v) is 18.1. The molecule has 0 bridgehead atoms. The molecule has 7 nitrogen and oxygen atoms in total. The second kappa shape index (κ2) is 10.5. The number of hydrogen-bond donors (Lipinski definition) is 2. The molecule has 0 atom stereocenters. The number of hydrogen-bond acceptors (Lipinski definition) is 4. The van der Waals surface area contributed by atoms with E-state index in [1.807, 2.05) is 49.6 Å². The number of amides is 2. The molecule has 0 aliphatic carbocycles. The van der Waals surface area contributed by atoms with Crippen molar-refractivity contribution < 1.29 is 14.3 Å². The second-order valence-corrected chi connectivity index (χ2v) is 7.15. The molecule has 0 radical (unpaired) electrons. The van der Waals surface area contributed by atoms with Gasteiger partial charge in [-0.2, -0.15) is 0 Å². The number of benzene rings is 1. The van der Waals surface area contributed by atoms with Gasteiger partial charge >= 0.3 is 0 Å². The molecule has 2 amide bonds. The molecule has 2 heterocycles. The maximum atomic E-state index is 12.9. The summed E-state index contributed by atoms with van der Waals surface area (Å²) in [5.41, 5.74) is 3.34. The van der Waals surface area contributed by atoms with Gasteiger partial charge in [0.05, 0.1) is 5.56 Å². The van der Waals surface area contributed by atoms with Gasteiger partial charge in [0.1, 0.15) is 5.82 Å². The Balaban J connectivity index is 1.69. The van der Waals surface area contributed by atoms with Crippen molar-refractivity contribution >= 4 is 17.5 Å². The smallest absolute Gasteiger partial charge is 0.257 e. The van der Waals surface area contributed by atoms with Crippen molar-refractivity contribution in [3.8, 4) is 5.82 Å². The molecular weight excluding hydrogens is 392 g/mol. The van der Waals surface area contributed by atoms with Crippen LogP contribution in [0.5, 0.6) is 0 Å². The first-order chi connectivity index (χ1) is 15.0. The third-order valence-corrected chi connectivity index (χ3v) is 4.89. The van der Waals surface area contributed by atoms with E-state index in [-0.39, 0.29) is 11.8 Å². The van der Waals surface area contributed by atoms with E-state index in [0.717, 1.165) is 23.6 Å². The third kappa shape index (κ3) is 5.58. The molecule has 0 saturated heterocycles. The van der Waals surface area contributed by atoms with Crippen LogP contribution < -0.4 is 10.6 Å². The van der Waals surface area contributed by atoms with Crippen molar-refractivity contribution in [3.05, 3.63) is 77.2 Å². The van der Waals surface area contributed by atoms with Gasteiger partial charge in [0, 0.05) is 48.6 Å². The van der Waals surface area contributed by atoms with Crippen LogP contribution in [0.3, 0.4) is 0 Å². The minimum atomic E-state index is -0.232. The largest absolute Gasteiger partial charge is 0.382 e. The molecule has 2 aromatic heterocycles. The lowest BCUT2D eigenvalue weighted by molar-refractivity contribution is 0.0943. The van der Waals surface area contributed by atoms with E-state index < -0.39 is 0 Å². The SMILES string of the molecule is CCOCCCNC(=O)c1cccc(NC(=O)c2cc(C)n(-c3ccccn3)c2C)c1. The molecule has 0 spiro atoms. The minimum absolute atomic E-state index is 0.180. The molecule has 162 valence electrons. The molecule has 1 aromatic carbocycles. The zero-order valence-electron chi connectivity index (χ0n) is 18.1. The highest BCUT2D eigenvalue weighted by Gasteiger charge is 2.17. The molecule has 7 heteroatoms. The van der Waals surface area contributed by atoms with Gasteiger partial charge in [-0.05, 0) is 63.6 Å². The van der Waals surface area contributed by atoms with Gasteiger partial charge < -0.3 is 19.9 Å². The minimum Gasteiger partial charge on any atom is -0.382 e. The van der Waals surface area contributed by atoms with E-state index in [1.165, 1.54) is 0 Å². The van der Waals surface area contributed by atoms with Gasteiger partial charge in [-0.3, -0.25) is 9.59 Å². The van der Waals surface area contributed by atoms with E-state index in [2.05, 4.69) is 15.6 Å². The standard InChI is InChI=1S/C24H28N4O3/c1-4-31-14-8-13-26-23(29)19-9-7-10-20(16-19)27-24(30)21-15-17(2)28(18(21)3)22-11-5-6-12-25-22/h5-7,9-12,15-16H,4,8,13-14H2,1-3H3,(H,26,29)(H,27,30). The summed E-state index contributed by atoms with van der Waals surface area (Å²) in [5.74, 6) is 0.352. The maximum absolute atomic E-state index is 12.9. The van der Waals surface area contributed by atoms with E-state index in [9.17, 15) is 9.59 Å². The molecule has 0 saturated carbocycles. The quantitative estimate of drug-likeness (QED) is 0.514. The predicted octanol–water partition coefficient (Wildman–Crippen LogP) is 3.90. The lowest BCUT2D eigenvalue weighted by atomic mass is 10.1. The number of rotatable bonds is 9. The Bertz CT molecular complexity index is 1040. The van der Waals surface area contributed by atoms with Crippen LogP contribution in [0.2, 0.25) is 0 Å². The van der Waals surface area contributed by atoms with Crippen LogP contribution in [0.25, 0.3) is 5.82 Å². The Hall–Kier alpha value is -3.45. The highest BCUT2D eigenvalue weighted by atomic mass is 16.5. The fraction of sp³-hybridized carbons (Fsp3) is 0.292. The van der Waals surface area contributed by atoms with Gasteiger partial charge in [-0.1, -0.05) is 12.1 Å². The highest BCUT2D eigenvalue weighted by molar-refractivity contribution is 6.06. The lowest BCUT2D eigenvalue weighted by Crippen LogP contribution is -2.25. The Morgan fingerprint density at radius 3 is 2.65 bits per heavy atom. The summed E-state index contributed by atoms with van der Waals surface area (Å²) in [4.78, 5) is 29.7. The predicted molar refractivity (Wildman–Crippen MR) is 121 cm³/mol. The van der Waals surface area contributed by atoms with Crippen LogP contribution in [0.1, 0.15) is 45.4 Å². The Labute approximate surface area is 182 Å². The second-order valence-electron chi connectivity index (χ2n) is 7.15. The summed E-state index contributed by atoms with van der Waals surface area (Å²) in [5, 5.41) is 5.76. The van der Waals surface area contributed by atoms with Crippen LogP contribution in [0.4, 0.5) is 5.69 Å². The molecule has 31 heavy (non-hydrogen) atoms. The summed E-state index contributed by atoms with van der Waals surface area (Å²) < 4.78 is 7.21. The Morgan fingerprint density at radius 1 is 1.06 bits per heavy atom. The molecule has 0 aliphatic rings. The fourth-order valence-electron chi connectivity index (χ4n) is 3.39. The molecule has 0 aliphatic heterocycles. The topological polar surface area (TPSA) is 85.3 Å². The molecular formula is C24H28N4O3. The normalized spacial score (nSPS) is 10.7. The van der Waals surface area contributed by atoms with Gasteiger partial charge in [0.25, 0.3) is 11.8 Å². The number of aryl methyl sites for hydroxylation is 1. The van der Waals surface area contributed by atoms with E-state index >= 15 is 0 Å². The number of carbonyl (C=O) groups excluding carboxylic acids is 2. The summed E-state index contributed by atoms with van der Waals surface area (Å²) in [6.45, 7) is 7.59. The van der Waals surface area contributed by atoms with Crippen molar-refractivity contribution in [3.63, 3.8) is 0 Å². The number of pyridine rings is 1. The number of nitrogens with one attached hydrogen (secondary N) is 2. The molecule has 0 fully saturated rings. The first-order valence-electron chi connectivity index (χ1n) is 10.4. The number of aromatic nitrogens is 2. The van der Waals surface area contributed by atoms with Gasteiger partial charge in [-0.15, -0.1) is 0 Å². The third-order valence-electron chi connectivity index (χ3n) is 4.89. The lowest BCUT2D eigenvalue weighted by Gasteiger charge is -2.10. The molecule has 3 aromatic rings. The van der Waals surface area contributed by atoms with Crippen molar-refractivity contribution in [2.45, 2.75) is 27.2 Å². The van der Waals surface area contributed by atoms with Crippen molar-refractivity contribution in [1.29, 1.82) is 0 Å². The summed E-state index contributed by atoms with van der Waals surface area (Å²) >= 11 is 0. The first kappa shape index (κ1) is 22.2. The van der Waals surface area contributed by atoms with E-state index in [0.29, 0.717) is 36.6 Å². The van der Waals surface area contributed by atoms with Gasteiger partial charge in [0.15, 0.2) is 0 Å². The number of nitrogens with zero attached hydrogens (tertiary/aromatic N) is 2. The van der Waals surface area contributed by atoms with Gasteiger partial charge in [-0.25, -0.2) is 4.98 Å². The van der Waals surface area contributed by atoms with Crippen LogP contribution in [-0.4, -0.2) is 41.1 Å². The molecule has 0 unspecified atom stereocenters. The number of carbonyl (C=O) groups is 2. The maximum Gasteiger partial charge on any atom is 0.257 e. The van der Waals surface area contributed by atoms with Crippen LogP contribution in [0, 0.1) is 13.8 Å². The summed E-state index contributed by atoms with van der Waals surface area (Å²) in [6, 6.07) is 14.4. The fourth-order valence-corrected chi connectivity index (χ4v) is 3.39. The van der Waals surface area contributed by atoms with E-state index in [1.54, 1.807) is 30.5 Å². The molecule has 3 rings (SSSR count). The van der Waals surface area contributed by atoms with Crippen molar-refractivity contribution in [2.24, 2.45) is 0 Å². The zero-order chi connectivity index (χ0) is 22.2. The molecule has 2 N–H and O–H groups in total. The average Bonchev–Trinajstić information content (AvgIpc) is 3.08. The summed E-state index contributed by atoms with van der Waals surface area (Å²) in [7, 11) is 0. The average molecular weight is 421 g/mol. The van der Waals surface area contributed by atoms with Gasteiger partial charge in [0.2, 0.25) is 0 Å². The monoisotopic (exact) mass is 420 g/mol. The first-order valence-corrected chi connectivity index (χ1v) is 10.4. The van der Waals surface area contributed by atoms with Crippen LogP contribution in [-0.2, 0) is 4.74 Å². The Morgan fingerprint density at radius 2 is 1.90 bits per heavy atom. The highest BCUT2D eigenvalue weighted by Crippen LogP contribution is 2.21. The number of ether oxygens (including phenoxy) is 1. The van der Waals surface area contributed by atoms with Crippen LogP contribution >= 0.6 is 0 Å². The van der Waals surface area contributed by atoms with E-state index in [4.69, 9.17) is 4.74 Å².